The monoisotopic (exact) mass is 701 g/mol. The van der Waals surface area contributed by atoms with Gasteiger partial charge in [0.15, 0.2) is 0 Å². The van der Waals surface area contributed by atoms with Crippen molar-refractivity contribution in [1.29, 1.82) is 0 Å². The lowest BCUT2D eigenvalue weighted by atomic mass is 9.97. The second kappa shape index (κ2) is 16.8. The van der Waals surface area contributed by atoms with E-state index in [2.05, 4.69) is 0 Å². The summed E-state index contributed by atoms with van der Waals surface area (Å²) in [5, 5.41) is 9.25. The van der Waals surface area contributed by atoms with Gasteiger partial charge in [0, 0.05) is 80.7 Å². The molecule has 0 amide bonds. The number of rotatable bonds is 12. The van der Waals surface area contributed by atoms with E-state index in [1.54, 1.807) is 50.6 Å². The van der Waals surface area contributed by atoms with Gasteiger partial charge in [-0.3, -0.25) is 0 Å². The Morgan fingerprint density at radius 3 is 1.52 bits per heavy atom. The fourth-order valence-corrected chi connectivity index (χ4v) is 4.51. The van der Waals surface area contributed by atoms with Crippen LogP contribution in [0.5, 0.6) is 11.5 Å². The Kier molecular flexibility index (Phi) is 6.56. The van der Waals surface area contributed by atoms with Crippen LogP contribution >= 0.6 is 11.6 Å². The quantitative estimate of drug-likeness (QED) is 0.149. The molecule has 0 radical (unpaired) electrons. The second-order valence-corrected chi connectivity index (χ2v) is 9.51. The molecule has 8 heteroatoms. The highest BCUT2D eigenvalue weighted by atomic mass is 35.5. The van der Waals surface area contributed by atoms with Crippen LogP contribution in [0.25, 0.3) is 22.3 Å². The van der Waals surface area contributed by atoms with E-state index in [0.717, 1.165) is 33.4 Å². The van der Waals surface area contributed by atoms with Crippen LogP contribution in [0.3, 0.4) is 0 Å². The van der Waals surface area contributed by atoms with Gasteiger partial charge in [-0.2, -0.15) is 0 Å². The third kappa shape index (κ3) is 8.76. The first-order chi connectivity index (χ1) is 37.4. The van der Waals surface area contributed by atoms with E-state index in [9.17, 15) is 13.9 Å². The molecule has 0 heterocycles. The van der Waals surface area contributed by atoms with E-state index in [1.807, 2.05) is 38.1 Å². The minimum absolute atomic E-state index is 0.0556. The molecule has 42 heavy (non-hydrogen) atoms. The molecule has 0 saturated carbocycles. The molecule has 0 fully saturated rings. The molecule has 0 atom stereocenters. The number of hydrogen-bond acceptors (Lipinski definition) is 5. The van der Waals surface area contributed by atoms with Crippen LogP contribution in [0.1, 0.15) is 86.6 Å². The topological polar surface area (TPSA) is 57.2 Å². The Hall–Kier alpha value is -3.49. The number of benzene rings is 4. The van der Waals surface area contributed by atoms with Crippen molar-refractivity contribution >= 4 is 11.6 Å². The Labute approximate surface area is 304 Å². The van der Waals surface area contributed by atoms with E-state index in [4.69, 9.17) is 81.0 Å². The number of methoxy groups -OCH3 is 2. The summed E-state index contributed by atoms with van der Waals surface area (Å²) in [5.41, 5.74) is 6.04. The van der Waals surface area contributed by atoms with Crippen LogP contribution < -0.4 is 9.47 Å². The number of alkyl halides is 1. The Balaban J connectivity index is -0.0000000483. The molecule has 258 valence electrons. The first kappa shape index (κ1) is 16.4. The third-order valence-electron chi connectivity index (χ3n) is 6.53. The average Bonchev–Trinajstić information content (AvgIpc) is 3.56. The van der Waals surface area contributed by atoms with E-state index in [1.165, 1.54) is 12.1 Å². The lowest BCUT2D eigenvalue weighted by Crippen LogP contribution is -1.99. The molecule has 0 aliphatic carbocycles. The zero-order valence-electron chi connectivity index (χ0n) is 58.4. The summed E-state index contributed by atoms with van der Waals surface area (Å²) >= 11 is 5.88. The van der Waals surface area contributed by atoms with Crippen molar-refractivity contribution < 1.29 is 83.3 Å². The van der Waals surface area contributed by atoms with Gasteiger partial charge in [-0.25, -0.2) is 8.78 Å². The molecule has 5 nitrogen and oxygen atoms in total. The summed E-state index contributed by atoms with van der Waals surface area (Å²) in [6.07, 6.45) is 0. The Morgan fingerprint density at radius 2 is 1.12 bits per heavy atom. The minimum Gasteiger partial charge on any atom is -0.497 e. The van der Waals surface area contributed by atoms with Crippen molar-refractivity contribution in [2.45, 2.75) is 39.5 Å². The second-order valence-electron chi connectivity index (χ2n) is 9.24. The molecule has 0 aromatic heterocycles. The number of hydrogen-bond donors (Lipinski definition) is 1. The van der Waals surface area contributed by atoms with Crippen molar-refractivity contribution in [1.82, 2.24) is 0 Å². The number of aliphatic hydroxyl groups is 1. The predicted octanol–water partition coefficient (Wildman–Crippen LogP) is 12.5. The third-order valence-corrected chi connectivity index (χ3v) is 6.84. The summed E-state index contributed by atoms with van der Waals surface area (Å²) < 4.78 is 220. The molecule has 4 aromatic rings. The van der Waals surface area contributed by atoms with Gasteiger partial charge < -0.3 is 24.1 Å². The molecule has 0 unspecified atom stereocenters. The smallest absolute Gasteiger partial charge is 0.131 e. The van der Waals surface area contributed by atoms with Crippen molar-refractivity contribution in [2.24, 2.45) is 0 Å². The van der Waals surface area contributed by atoms with Crippen LogP contribution in [0.15, 0.2) is 72.8 Å². The van der Waals surface area contributed by atoms with Gasteiger partial charge in [0.25, 0.3) is 0 Å². The average molecular weight is 702 g/mol. The molecule has 0 spiro atoms. The largest absolute Gasteiger partial charge is 0.497 e. The minimum atomic E-state index is -0.315. The van der Waals surface area contributed by atoms with Crippen LogP contribution in [0.4, 0.5) is 8.78 Å². The van der Waals surface area contributed by atoms with Crippen LogP contribution in [-0.2, 0) is 35.2 Å². The van der Waals surface area contributed by atoms with Gasteiger partial charge in [0.2, 0.25) is 0 Å². The SMILES string of the molecule is CCOCc1cc(CCl)ccc1-c1cc(OC)ccc1F.CCOCc1cc(CO)ccc1-c1cc(OC)ccc1F.[3H][3H].[3H][3H].[3H][3H].[3H][3H].[3H][3H].[3H][3H].[3H][3H].[3H][3H].[3H][3H].[3H][3H].[3H][3H].[3H][3H].[3H][3H].[3H][3H].[3H][3H].[3H][3H].[3H][3H]. The Morgan fingerprint density at radius 1 is 0.667 bits per heavy atom. The standard InChI is InChI=1S/C17H18ClFO2.C17H19FO3.17H2/c1-3-21-11-13-8-12(10-18)4-6-15(13)16-9-14(20-2)5-7-17(16)19;1-3-21-11-13-8-12(10-19)4-6-15(13)16-9-14(20-2)5-7-17(16)18;;;;;;;;;;;;;;;;;/h4-9H,3,10-11H2,1-2H3;4-9,19H,3,10-11H2,1-2H3;17*1H/i;;17*1+2T. The number of ether oxygens (including phenoxy) is 4. The number of aliphatic hydroxyl groups excluding tert-OH is 1. The summed E-state index contributed by atoms with van der Waals surface area (Å²) in [6.45, 7) is 5.75. The molecule has 4 rings (SSSR count). The van der Waals surface area contributed by atoms with Crippen molar-refractivity contribution in [3.8, 4) is 33.8 Å². The van der Waals surface area contributed by atoms with Crippen molar-refractivity contribution in [3.05, 3.63) is 107 Å². The molecule has 0 saturated heterocycles. The van der Waals surface area contributed by atoms with Gasteiger partial charge in [0.05, 0.1) is 34.0 Å². The maximum Gasteiger partial charge on any atom is 0.131 e. The first-order valence-corrected chi connectivity index (χ1v) is 14.2. The van der Waals surface area contributed by atoms with Gasteiger partial charge in [-0.15, -0.1) is 11.6 Å². The van der Waals surface area contributed by atoms with Crippen LogP contribution in [0, 0.1) is 11.6 Å². The first-order valence-electron chi connectivity index (χ1n) is 30.6. The van der Waals surface area contributed by atoms with E-state index >= 15 is 0 Å². The maximum atomic E-state index is 14.2. The molecule has 0 bridgehead atoms. The highest BCUT2D eigenvalue weighted by Crippen LogP contribution is 2.32. The zero-order chi connectivity index (χ0) is 64.5. The van der Waals surface area contributed by atoms with E-state index in [0.29, 0.717) is 54.9 Å². The Bertz CT molecular complexity index is 1410. The van der Waals surface area contributed by atoms with Crippen molar-refractivity contribution in [2.75, 3.05) is 27.4 Å². The zero-order valence-corrected chi connectivity index (χ0v) is 25.1. The highest BCUT2D eigenvalue weighted by Gasteiger charge is 2.14. The summed E-state index contributed by atoms with van der Waals surface area (Å²) in [6, 6.07) is 20.5. The lowest BCUT2D eigenvalue weighted by Gasteiger charge is -2.13. The summed E-state index contributed by atoms with van der Waals surface area (Å²) in [5.74, 6) is 1.03. The molecule has 0 aliphatic rings. The molecular formula is C34H71ClF2O5. The summed E-state index contributed by atoms with van der Waals surface area (Å²) in [7, 11) is 3.11. The lowest BCUT2D eigenvalue weighted by molar-refractivity contribution is 0.134. The van der Waals surface area contributed by atoms with Crippen LogP contribution in [-0.4, -0.2) is 32.5 Å². The van der Waals surface area contributed by atoms with Crippen molar-refractivity contribution in [3.63, 3.8) is 0 Å². The fraction of sp³-hybridized carbons (Fsp3) is 0.294. The summed E-state index contributed by atoms with van der Waals surface area (Å²) in [4.78, 5) is 0. The molecule has 0 aliphatic heterocycles. The molecule has 4 aromatic carbocycles. The van der Waals surface area contributed by atoms with Crippen LogP contribution in [0.2, 0.25) is 0 Å². The van der Waals surface area contributed by atoms with Gasteiger partial charge in [-0.1, -0.05) is 36.4 Å². The maximum absolute atomic E-state index is 14.2. The van der Waals surface area contributed by atoms with Gasteiger partial charge >= 0.3 is 0 Å². The predicted molar refractivity (Wildman–Crippen MR) is 199 cm³/mol. The number of halogens is 3. The molecular weight excluding hydrogens is 562 g/mol. The fourth-order valence-electron chi connectivity index (χ4n) is 4.34. The van der Waals surface area contributed by atoms with Gasteiger partial charge in [0.1, 0.15) is 23.1 Å². The highest BCUT2D eigenvalue weighted by molar-refractivity contribution is 6.17. The van der Waals surface area contributed by atoms with E-state index in [-0.39, 0.29) is 18.2 Å². The normalized spacial score (nSPS) is 13.9. The molecule has 1 N–H and O–H groups in total. The van der Waals surface area contributed by atoms with E-state index < -0.39 is 0 Å². The van der Waals surface area contributed by atoms with Gasteiger partial charge in [-0.05, 0) is 83.6 Å².